The Hall–Kier alpha value is -2.62. The number of aliphatic imine (C=N–C) groups is 1. The van der Waals surface area contributed by atoms with Gasteiger partial charge in [-0.25, -0.2) is 9.38 Å². The maximum atomic E-state index is 14.8. The van der Waals surface area contributed by atoms with Gasteiger partial charge >= 0.3 is 0 Å². The highest BCUT2D eigenvalue weighted by atomic mass is 19.1. The summed E-state index contributed by atoms with van der Waals surface area (Å²) in [5.41, 5.74) is 4.85. The van der Waals surface area contributed by atoms with Crippen molar-refractivity contribution >= 4 is 17.6 Å². The van der Waals surface area contributed by atoms with Crippen molar-refractivity contribution in [3.05, 3.63) is 29.6 Å². The second kappa shape index (κ2) is 6.52. The molecule has 1 aromatic carbocycles. The van der Waals surface area contributed by atoms with E-state index in [1.807, 2.05) is 0 Å². The summed E-state index contributed by atoms with van der Waals surface area (Å²) in [5.74, 6) is -0.632. The fourth-order valence-electron chi connectivity index (χ4n) is 4.06. The number of hydrogen-bond acceptors (Lipinski definition) is 5. The van der Waals surface area contributed by atoms with Gasteiger partial charge in [-0.1, -0.05) is 0 Å². The van der Waals surface area contributed by atoms with Crippen molar-refractivity contribution in [2.45, 2.75) is 51.6 Å². The largest absolute Gasteiger partial charge is 0.381 e. The van der Waals surface area contributed by atoms with E-state index >= 15 is 0 Å². The lowest BCUT2D eigenvalue weighted by molar-refractivity contribution is -0.140. The standard InChI is InChI=1S/C20H26FN5O/c1-19(2)17(27)26(4)18(23)25-20(19,3)14-10-13(8-9-15(14)21)24-16-7-5-6-12(16)11-22/h8-10,12,16,24H,5-7H2,1-4H3,(H2,23,25)/t12-,16+,20+/m1/s1. The molecule has 0 bridgehead atoms. The summed E-state index contributed by atoms with van der Waals surface area (Å²) < 4.78 is 14.8. The molecular formula is C20H26FN5O. The Labute approximate surface area is 159 Å². The maximum Gasteiger partial charge on any atom is 0.237 e. The van der Waals surface area contributed by atoms with Crippen molar-refractivity contribution in [1.82, 2.24) is 4.90 Å². The van der Waals surface area contributed by atoms with Gasteiger partial charge in [0, 0.05) is 24.3 Å². The summed E-state index contributed by atoms with van der Waals surface area (Å²) in [5, 5.41) is 12.6. The van der Waals surface area contributed by atoms with Gasteiger partial charge in [-0.05, 0) is 58.2 Å². The van der Waals surface area contributed by atoms with Crippen LogP contribution in [0.2, 0.25) is 0 Å². The van der Waals surface area contributed by atoms with Crippen LogP contribution >= 0.6 is 0 Å². The Balaban J connectivity index is 2.03. The zero-order valence-electron chi connectivity index (χ0n) is 16.2. The molecule has 0 saturated heterocycles. The molecule has 0 unspecified atom stereocenters. The number of carbonyl (C=O) groups excluding carboxylic acids is 1. The molecular weight excluding hydrogens is 345 g/mol. The molecule has 7 heteroatoms. The van der Waals surface area contributed by atoms with Gasteiger partial charge in [0.2, 0.25) is 5.91 Å². The molecule has 1 aliphatic heterocycles. The van der Waals surface area contributed by atoms with E-state index in [4.69, 9.17) is 5.73 Å². The van der Waals surface area contributed by atoms with Crippen LogP contribution in [0.3, 0.4) is 0 Å². The Kier molecular flexibility index (Phi) is 4.62. The fourth-order valence-corrected chi connectivity index (χ4v) is 4.06. The third-order valence-electron chi connectivity index (χ3n) is 6.26. The van der Waals surface area contributed by atoms with E-state index < -0.39 is 16.8 Å². The number of nitrogens with two attached hydrogens (primary N) is 1. The Morgan fingerprint density at radius 3 is 2.74 bits per heavy atom. The van der Waals surface area contributed by atoms with Crippen LogP contribution in [0.15, 0.2) is 23.2 Å². The second-order valence-electron chi connectivity index (χ2n) is 8.14. The molecule has 1 aromatic rings. The minimum Gasteiger partial charge on any atom is -0.381 e. The zero-order chi connectivity index (χ0) is 20.0. The third-order valence-corrected chi connectivity index (χ3v) is 6.26. The smallest absolute Gasteiger partial charge is 0.237 e. The number of nitrogens with zero attached hydrogens (tertiary/aromatic N) is 3. The number of rotatable bonds is 3. The summed E-state index contributed by atoms with van der Waals surface area (Å²) in [4.78, 5) is 18.6. The van der Waals surface area contributed by atoms with Crippen LogP contribution in [-0.4, -0.2) is 29.9 Å². The minimum absolute atomic E-state index is 0.0434. The van der Waals surface area contributed by atoms with Gasteiger partial charge in [0.1, 0.15) is 11.4 Å². The molecule has 3 N–H and O–H groups in total. The van der Waals surface area contributed by atoms with Gasteiger partial charge in [0.05, 0.1) is 17.4 Å². The molecule has 1 heterocycles. The summed E-state index contributed by atoms with van der Waals surface area (Å²) >= 11 is 0. The number of amides is 1. The van der Waals surface area contributed by atoms with Crippen LogP contribution < -0.4 is 11.1 Å². The van der Waals surface area contributed by atoms with Gasteiger partial charge in [-0.3, -0.25) is 9.69 Å². The Morgan fingerprint density at radius 1 is 1.37 bits per heavy atom. The molecule has 0 spiro atoms. The highest BCUT2D eigenvalue weighted by Gasteiger charge is 2.53. The lowest BCUT2D eigenvalue weighted by Gasteiger charge is -2.46. The molecule has 2 aliphatic rings. The predicted molar refractivity (Wildman–Crippen MR) is 102 cm³/mol. The SMILES string of the molecule is CN1C(=O)C(C)(C)[C@](C)(c2cc(N[C@H]3CCC[C@@H]3C#N)ccc2F)N=C1N. The van der Waals surface area contributed by atoms with Crippen LogP contribution in [0, 0.1) is 28.5 Å². The molecule has 1 saturated carbocycles. The van der Waals surface area contributed by atoms with Crippen molar-refractivity contribution in [2.75, 3.05) is 12.4 Å². The lowest BCUT2D eigenvalue weighted by atomic mass is 9.67. The van der Waals surface area contributed by atoms with Crippen molar-refractivity contribution in [2.24, 2.45) is 22.1 Å². The molecule has 1 aliphatic carbocycles. The van der Waals surface area contributed by atoms with E-state index in [-0.39, 0.29) is 23.8 Å². The molecule has 27 heavy (non-hydrogen) atoms. The molecule has 0 aromatic heterocycles. The topological polar surface area (TPSA) is 94.5 Å². The number of guanidine groups is 1. The van der Waals surface area contributed by atoms with Crippen molar-refractivity contribution in [3.63, 3.8) is 0 Å². The van der Waals surface area contributed by atoms with Crippen LogP contribution in [0.5, 0.6) is 0 Å². The Bertz CT molecular complexity index is 843. The van der Waals surface area contributed by atoms with Gasteiger partial charge in [-0.2, -0.15) is 5.26 Å². The minimum atomic E-state index is -1.15. The van der Waals surface area contributed by atoms with Crippen LogP contribution in [0.25, 0.3) is 0 Å². The first-order valence-corrected chi connectivity index (χ1v) is 9.21. The quantitative estimate of drug-likeness (QED) is 0.854. The average Bonchev–Trinajstić information content (AvgIpc) is 3.07. The van der Waals surface area contributed by atoms with E-state index in [0.29, 0.717) is 5.56 Å². The normalized spacial score (nSPS) is 30.0. The molecule has 0 radical (unpaired) electrons. The predicted octanol–water partition coefficient (Wildman–Crippen LogP) is 2.96. The number of anilines is 1. The monoisotopic (exact) mass is 371 g/mol. The molecule has 1 fully saturated rings. The average molecular weight is 371 g/mol. The van der Waals surface area contributed by atoms with Crippen molar-refractivity contribution in [1.29, 1.82) is 5.26 Å². The maximum absolute atomic E-state index is 14.8. The number of benzene rings is 1. The molecule has 3 rings (SSSR count). The summed E-state index contributed by atoms with van der Waals surface area (Å²) in [6.07, 6.45) is 2.77. The van der Waals surface area contributed by atoms with Gasteiger partial charge in [-0.15, -0.1) is 0 Å². The lowest BCUT2D eigenvalue weighted by Crippen LogP contribution is -2.58. The number of hydrogen-bond donors (Lipinski definition) is 2. The Morgan fingerprint density at radius 2 is 2.07 bits per heavy atom. The summed E-state index contributed by atoms with van der Waals surface area (Å²) in [6, 6.07) is 7.11. The zero-order valence-corrected chi connectivity index (χ0v) is 16.2. The molecule has 6 nitrogen and oxygen atoms in total. The number of carbonyl (C=O) groups is 1. The van der Waals surface area contributed by atoms with Crippen molar-refractivity contribution in [3.8, 4) is 6.07 Å². The van der Waals surface area contributed by atoms with E-state index in [2.05, 4.69) is 16.4 Å². The third kappa shape index (κ3) is 2.93. The van der Waals surface area contributed by atoms with E-state index in [9.17, 15) is 14.4 Å². The van der Waals surface area contributed by atoms with E-state index in [0.717, 1.165) is 24.9 Å². The first-order chi connectivity index (χ1) is 12.6. The van der Waals surface area contributed by atoms with Gasteiger partial charge < -0.3 is 11.1 Å². The molecule has 3 atom stereocenters. The summed E-state index contributed by atoms with van der Waals surface area (Å²) in [7, 11) is 1.57. The van der Waals surface area contributed by atoms with Gasteiger partial charge in [0.25, 0.3) is 0 Å². The first-order valence-electron chi connectivity index (χ1n) is 9.21. The molecule has 1 amide bonds. The summed E-state index contributed by atoms with van der Waals surface area (Å²) in [6.45, 7) is 5.24. The highest BCUT2D eigenvalue weighted by Crippen LogP contribution is 2.47. The van der Waals surface area contributed by atoms with Crippen LogP contribution in [0.4, 0.5) is 10.1 Å². The fraction of sp³-hybridized carbons (Fsp3) is 0.550. The molecule has 144 valence electrons. The number of nitriles is 1. The van der Waals surface area contributed by atoms with Crippen LogP contribution in [0.1, 0.15) is 45.6 Å². The van der Waals surface area contributed by atoms with Gasteiger partial charge in [0.15, 0.2) is 5.96 Å². The van der Waals surface area contributed by atoms with Crippen LogP contribution in [-0.2, 0) is 10.3 Å². The second-order valence-corrected chi connectivity index (χ2v) is 8.14. The van der Waals surface area contributed by atoms with E-state index in [1.165, 1.54) is 11.0 Å². The van der Waals surface area contributed by atoms with E-state index in [1.54, 1.807) is 40.0 Å². The van der Waals surface area contributed by atoms with Crippen molar-refractivity contribution < 1.29 is 9.18 Å². The number of nitrogens with one attached hydrogen (secondary N) is 1. The number of halogens is 1. The highest BCUT2D eigenvalue weighted by molar-refractivity contribution is 6.01. The first kappa shape index (κ1) is 19.2.